The Morgan fingerprint density at radius 1 is 1.03 bits per heavy atom. The standard InChI is InChI=1S/C24H21FN4O3/c1-15-6-9-22-26-19(12-23(30)29(22)13-15)14-32-20-5-3-4-17(10-20)27-24(31)28-18-8-7-16(2)21(25)11-18/h3-13H,14H2,1-2H3,(H2,27,28,31). The minimum atomic E-state index is -0.509. The quantitative estimate of drug-likeness (QED) is 0.480. The SMILES string of the molecule is Cc1ccc2nc(COc3cccc(NC(=O)Nc4ccc(C)c(F)c4)c3)cc(=O)n2c1. The Morgan fingerprint density at radius 2 is 1.81 bits per heavy atom. The maximum Gasteiger partial charge on any atom is 0.323 e. The Hall–Kier alpha value is -4.20. The summed E-state index contributed by atoms with van der Waals surface area (Å²) in [6.07, 6.45) is 1.74. The van der Waals surface area contributed by atoms with Crippen LogP contribution in [0.25, 0.3) is 5.65 Å². The molecule has 0 fully saturated rings. The lowest BCUT2D eigenvalue weighted by molar-refractivity contribution is 0.262. The number of hydrogen-bond acceptors (Lipinski definition) is 4. The predicted octanol–water partition coefficient (Wildman–Crippen LogP) is 4.67. The minimum absolute atomic E-state index is 0.0951. The summed E-state index contributed by atoms with van der Waals surface area (Å²) in [5, 5.41) is 5.27. The molecule has 162 valence electrons. The van der Waals surface area contributed by atoms with Crippen molar-refractivity contribution in [2.75, 3.05) is 10.6 Å². The molecule has 32 heavy (non-hydrogen) atoms. The molecule has 8 heteroatoms. The van der Waals surface area contributed by atoms with Gasteiger partial charge in [-0.3, -0.25) is 9.20 Å². The van der Waals surface area contributed by atoms with E-state index in [0.29, 0.717) is 34.0 Å². The zero-order valence-electron chi connectivity index (χ0n) is 17.6. The highest BCUT2D eigenvalue weighted by Crippen LogP contribution is 2.19. The van der Waals surface area contributed by atoms with Gasteiger partial charge >= 0.3 is 6.03 Å². The number of fused-ring (bicyclic) bond motifs is 1. The molecule has 2 heterocycles. The highest BCUT2D eigenvalue weighted by atomic mass is 19.1. The smallest absolute Gasteiger partial charge is 0.323 e. The fourth-order valence-corrected chi connectivity index (χ4v) is 3.12. The van der Waals surface area contributed by atoms with Crippen molar-refractivity contribution in [1.29, 1.82) is 0 Å². The fraction of sp³-hybridized carbons (Fsp3) is 0.125. The van der Waals surface area contributed by atoms with Crippen LogP contribution >= 0.6 is 0 Å². The van der Waals surface area contributed by atoms with Crippen molar-refractivity contribution >= 4 is 23.1 Å². The van der Waals surface area contributed by atoms with Crippen LogP contribution in [0, 0.1) is 19.7 Å². The Morgan fingerprint density at radius 3 is 2.59 bits per heavy atom. The molecule has 7 nitrogen and oxygen atoms in total. The lowest BCUT2D eigenvalue weighted by Crippen LogP contribution is -2.19. The second-order valence-electron chi connectivity index (χ2n) is 7.38. The normalized spacial score (nSPS) is 10.7. The predicted molar refractivity (Wildman–Crippen MR) is 121 cm³/mol. The largest absolute Gasteiger partial charge is 0.487 e. The first kappa shape index (κ1) is 21.0. The molecule has 0 bridgehead atoms. The summed E-state index contributed by atoms with van der Waals surface area (Å²) in [6, 6.07) is 15.9. The Labute approximate surface area is 183 Å². The van der Waals surface area contributed by atoms with Gasteiger partial charge < -0.3 is 15.4 Å². The number of carbonyl (C=O) groups is 1. The number of aryl methyl sites for hydroxylation is 2. The summed E-state index contributed by atoms with van der Waals surface area (Å²) in [7, 11) is 0. The summed E-state index contributed by atoms with van der Waals surface area (Å²) in [6.45, 7) is 3.65. The van der Waals surface area contributed by atoms with Gasteiger partial charge in [0.2, 0.25) is 0 Å². The lowest BCUT2D eigenvalue weighted by atomic mass is 10.2. The van der Waals surface area contributed by atoms with Gasteiger partial charge in [0, 0.05) is 29.7 Å². The minimum Gasteiger partial charge on any atom is -0.487 e. The van der Waals surface area contributed by atoms with Crippen molar-refractivity contribution < 1.29 is 13.9 Å². The van der Waals surface area contributed by atoms with Crippen LogP contribution < -0.4 is 20.9 Å². The average molecular weight is 432 g/mol. The third-order valence-electron chi connectivity index (χ3n) is 4.77. The van der Waals surface area contributed by atoms with Crippen molar-refractivity contribution in [3.63, 3.8) is 0 Å². The highest BCUT2D eigenvalue weighted by molar-refractivity contribution is 5.99. The average Bonchev–Trinajstić information content (AvgIpc) is 2.76. The molecule has 0 radical (unpaired) electrons. The van der Waals surface area contributed by atoms with Gasteiger partial charge in [-0.2, -0.15) is 0 Å². The van der Waals surface area contributed by atoms with Crippen LogP contribution in [-0.2, 0) is 6.61 Å². The summed E-state index contributed by atoms with van der Waals surface area (Å²) in [5.41, 5.74) is 3.16. The molecule has 0 unspecified atom stereocenters. The first-order valence-electron chi connectivity index (χ1n) is 9.93. The van der Waals surface area contributed by atoms with E-state index in [9.17, 15) is 14.0 Å². The molecule has 2 N–H and O–H groups in total. The van der Waals surface area contributed by atoms with Crippen molar-refractivity contribution in [3.05, 3.63) is 99.9 Å². The number of nitrogens with one attached hydrogen (secondary N) is 2. The molecular weight excluding hydrogens is 411 g/mol. The number of urea groups is 1. The van der Waals surface area contributed by atoms with Gasteiger partial charge in [0.15, 0.2) is 0 Å². The molecule has 2 amide bonds. The number of aromatic nitrogens is 2. The van der Waals surface area contributed by atoms with E-state index >= 15 is 0 Å². The number of hydrogen-bond donors (Lipinski definition) is 2. The van der Waals surface area contributed by atoms with Gasteiger partial charge in [0.25, 0.3) is 5.56 Å². The number of ether oxygens (including phenoxy) is 1. The fourth-order valence-electron chi connectivity index (χ4n) is 3.12. The molecule has 0 atom stereocenters. The van der Waals surface area contributed by atoms with Crippen LogP contribution in [0.3, 0.4) is 0 Å². The summed E-state index contributed by atoms with van der Waals surface area (Å²) < 4.78 is 20.9. The van der Waals surface area contributed by atoms with Crippen LogP contribution in [0.5, 0.6) is 5.75 Å². The Bertz CT molecular complexity index is 1370. The number of amides is 2. The Kier molecular flexibility index (Phi) is 5.85. The molecule has 0 aliphatic carbocycles. The topological polar surface area (TPSA) is 84.7 Å². The molecule has 0 aliphatic rings. The van der Waals surface area contributed by atoms with Crippen molar-refractivity contribution in [2.45, 2.75) is 20.5 Å². The van der Waals surface area contributed by atoms with Crippen molar-refractivity contribution in [1.82, 2.24) is 9.38 Å². The maximum atomic E-state index is 13.6. The monoisotopic (exact) mass is 432 g/mol. The maximum absolute atomic E-state index is 13.6. The second-order valence-corrected chi connectivity index (χ2v) is 7.38. The molecule has 0 aliphatic heterocycles. The zero-order chi connectivity index (χ0) is 22.7. The van der Waals surface area contributed by atoms with Crippen molar-refractivity contribution in [3.8, 4) is 5.75 Å². The summed E-state index contributed by atoms with van der Waals surface area (Å²) >= 11 is 0. The van der Waals surface area contributed by atoms with Gasteiger partial charge in [-0.1, -0.05) is 18.2 Å². The number of carbonyl (C=O) groups excluding carboxylic acids is 1. The highest BCUT2D eigenvalue weighted by Gasteiger charge is 2.07. The van der Waals surface area contributed by atoms with E-state index in [4.69, 9.17) is 4.74 Å². The number of pyridine rings is 1. The van der Waals surface area contributed by atoms with Crippen molar-refractivity contribution in [2.24, 2.45) is 0 Å². The first-order chi connectivity index (χ1) is 15.4. The van der Waals surface area contributed by atoms with Crippen LogP contribution in [0.2, 0.25) is 0 Å². The van der Waals surface area contributed by atoms with Gasteiger partial charge in [-0.15, -0.1) is 0 Å². The Balaban J connectivity index is 1.41. The van der Waals surface area contributed by atoms with E-state index in [2.05, 4.69) is 15.6 Å². The van der Waals surface area contributed by atoms with Crippen LogP contribution in [-0.4, -0.2) is 15.4 Å². The molecule has 0 saturated carbocycles. The van der Waals surface area contributed by atoms with Gasteiger partial charge in [0.05, 0.1) is 5.69 Å². The second kappa shape index (κ2) is 8.89. The van der Waals surface area contributed by atoms with E-state index in [1.807, 2.05) is 13.0 Å². The van der Waals surface area contributed by atoms with Crippen LogP contribution in [0.1, 0.15) is 16.8 Å². The number of anilines is 2. The third kappa shape index (κ3) is 4.92. The number of halogens is 1. The number of rotatable bonds is 5. The molecule has 0 saturated heterocycles. The summed E-state index contributed by atoms with van der Waals surface area (Å²) in [5.74, 6) is 0.102. The van der Waals surface area contributed by atoms with Crippen LogP contribution in [0.4, 0.5) is 20.6 Å². The van der Waals surface area contributed by atoms with E-state index in [1.54, 1.807) is 55.6 Å². The number of benzene rings is 2. The first-order valence-corrected chi connectivity index (χ1v) is 9.93. The number of nitrogens with zero attached hydrogens (tertiary/aromatic N) is 2. The zero-order valence-corrected chi connectivity index (χ0v) is 17.6. The van der Waals surface area contributed by atoms with E-state index < -0.39 is 11.8 Å². The lowest BCUT2D eigenvalue weighted by Gasteiger charge is -2.11. The molecule has 0 spiro atoms. The molecule has 2 aromatic heterocycles. The van der Waals surface area contributed by atoms with Gasteiger partial charge in [0.1, 0.15) is 23.8 Å². The molecule has 4 aromatic rings. The van der Waals surface area contributed by atoms with E-state index in [0.717, 1.165) is 5.56 Å². The van der Waals surface area contributed by atoms with Crippen LogP contribution in [0.15, 0.2) is 71.7 Å². The third-order valence-corrected chi connectivity index (χ3v) is 4.77. The van der Waals surface area contributed by atoms with Gasteiger partial charge in [-0.25, -0.2) is 14.2 Å². The van der Waals surface area contributed by atoms with E-state index in [1.165, 1.54) is 16.5 Å². The van der Waals surface area contributed by atoms with E-state index in [-0.39, 0.29) is 12.2 Å². The van der Waals surface area contributed by atoms with Gasteiger partial charge in [-0.05, 0) is 55.3 Å². The molecule has 2 aromatic carbocycles. The molecule has 4 rings (SSSR count). The molecular formula is C24H21FN4O3. The summed E-state index contributed by atoms with van der Waals surface area (Å²) in [4.78, 5) is 29.0.